The average molecular weight is 341 g/mol. The van der Waals surface area contributed by atoms with Gasteiger partial charge in [-0.3, -0.25) is 4.79 Å². The summed E-state index contributed by atoms with van der Waals surface area (Å²) in [6, 6.07) is 10.0. The normalized spacial score (nSPS) is 12.1. The van der Waals surface area contributed by atoms with E-state index in [1.807, 2.05) is 65.3 Å². The molecule has 0 aliphatic rings. The summed E-state index contributed by atoms with van der Waals surface area (Å²) in [4.78, 5) is 27.5. The lowest BCUT2D eigenvalue weighted by atomic mass is 10.0. The number of rotatable bonds is 6. The Kier molecular flexibility index (Phi) is 6.09. The standard InChI is InChI=1S/C19H27N5O/c1-14-16(12-20-19(21-14)23(4)5)18(25)24(6)17(13-22(2)3)15-10-8-7-9-11-15/h7-12,17H,13H2,1-6H3/t17-/m1/s1. The van der Waals surface area contributed by atoms with E-state index in [9.17, 15) is 4.79 Å². The van der Waals surface area contributed by atoms with Crippen molar-refractivity contribution in [2.45, 2.75) is 13.0 Å². The lowest BCUT2D eigenvalue weighted by Gasteiger charge is -2.31. The average Bonchev–Trinajstić information content (AvgIpc) is 2.59. The predicted octanol–water partition coefficient (Wildman–Crippen LogP) is 2.23. The van der Waals surface area contributed by atoms with Gasteiger partial charge in [0.15, 0.2) is 0 Å². The maximum Gasteiger partial charge on any atom is 0.257 e. The topological polar surface area (TPSA) is 52.6 Å². The highest BCUT2D eigenvalue weighted by Gasteiger charge is 2.25. The van der Waals surface area contributed by atoms with E-state index in [0.717, 1.165) is 12.1 Å². The van der Waals surface area contributed by atoms with Gasteiger partial charge in [-0.05, 0) is 26.6 Å². The van der Waals surface area contributed by atoms with Gasteiger partial charge >= 0.3 is 0 Å². The number of nitrogens with zero attached hydrogens (tertiary/aromatic N) is 5. The molecule has 6 heteroatoms. The summed E-state index contributed by atoms with van der Waals surface area (Å²) >= 11 is 0. The second-order valence-electron chi connectivity index (χ2n) is 6.67. The van der Waals surface area contributed by atoms with E-state index < -0.39 is 0 Å². The molecule has 0 bridgehead atoms. The Hall–Kier alpha value is -2.47. The molecule has 0 unspecified atom stereocenters. The van der Waals surface area contributed by atoms with Crippen LogP contribution in [-0.2, 0) is 0 Å². The Bertz CT molecular complexity index is 715. The maximum absolute atomic E-state index is 13.1. The fraction of sp³-hybridized carbons (Fsp3) is 0.421. The number of hydrogen-bond acceptors (Lipinski definition) is 5. The van der Waals surface area contributed by atoms with E-state index in [1.165, 1.54) is 0 Å². The molecular formula is C19H27N5O. The van der Waals surface area contributed by atoms with Gasteiger partial charge in [-0.1, -0.05) is 30.3 Å². The van der Waals surface area contributed by atoms with Crippen LogP contribution >= 0.6 is 0 Å². The highest BCUT2D eigenvalue weighted by molar-refractivity contribution is 5.95. The van der Waals surface area contributed by atoms with Crippen LogP contribution < -0.4 is 4.90 Å². The van der Waals surface area contributed by atoms with Crippen molar-refractivity contribution < 1.29 is 4.79 Å². The van der Waals surface area contributed by atoms with Crippen LogP contribution in [0.15, 0.2) is 36.5 Å². The fourth-order valence-electron chi connectivity index (χ4n) is 2.68. The molecule has 2 rings (SSSR count). The number of amides is 1. The summed E-state index contributed by atoms with van der Waals surface area (Å²) in [6.07, 6.45) is 1.62. The third-order valence-corrected chi connectivity index (χ3v) is 4.11. The molecule has 1 aromatic carbocycles. The molecule has 1 aromatic heterocycles. The van der Waals surface area contributed by atoms with Gasteiger partial charge in [0.1, 0.15) is 0 Å². The molecule has 0 radical (unpaired) electrons. The molecule has 1 amide bonds. The van der Waals surface area contributed by atoms with Gasteiger partial charge in [0.25, 0.3) is 5.91 Å². The first-order valence-electron chi connectivity index (χ1n) is 8.29. The second-order valence-corrected chi connectivity index (χ2v) is 6.67. The number of benzene rings is 1. The van der Waals surface area contributed by atoms with Crippen LogP contribution in [0.2, 0.25) is 0 Å². The first-order chi connectivity index (χ1) is 11.8. The van der Waals surface area contributed by atoms with Crippen molar-refractivity contribution in [3.8, 4) is 0 Å². The molecule has 0 aliphatic heterocycles. The lowest BCUT2D eigenvalue weighted by Crippen LogP contribution is -2.37. The largest absolute Gasteiger partial charge is 0.347 e. The molecule has 25 heavy (non-hydrogen) atoms. The van der Waals surface area contributed by atoms with Gasteiger partial charge < -0.3 is 14.7 Å². The summed E-state index contributed by atoms with van der Waals surface area (Å²) in [5.74, 6) is 0.531. The lowest BCUT2D eigenvalue weighted by molar-refractivity contribution is 0.0703. The zero-order valence-electron chi connectivity index (χ0n) is 15.9. The summed E-state index contributed by atoms with van der Waals surface area (Å²) in [6.45, 7) is 2.58. The molecule has 0 spiro atoms. The third kappa shape index (κ3) is 4.54. The molecular weight excluding hydrogens is 314 g/mol. The van der Waals surface area contributed by atoms with E-state index in [2.05, 4.69) is 27.0 Å². The predicted molar refractivity (Wildman–Crippen MR) is 101 cm³/mol. The van der Waals surface area contributed by atoms with Gasteiger partial charge in [-0.15, -0.1) is 0 Å². The van der Waals surface area contributed by atoms with Crippen molar-refractivity contribution in [2.75, 3.05) is 46.7 Å². The number of aryl methyl sites for hydroxylation is 1. The number of anilines is 1. The zero-order chi connectivity index (χ0) is 18.6. The third-order valence-electron chi connectivity index (χ3n) is 4.11. The van der Waals surface area contributed by atoms with E-state index in [4.69, 9.17) is 0 Å². The molecule has 0 aliphatic carbocycles. The van der Waals surface area contributed by atoms with E-state index >= 15 is 0 Å². The van der Waals surface area contributed by atoms with Crippen LogP contribution in [0, 0.1) is 6.92 Å². The van der Waals surface area contributed by atoms with Crippen molar-refractivity contribution in [3.63, 3.8) is 0 Å². The van der Waals surface area contributed by atoms with Gasteiger partial charge in [0.2, 0.25) is 5.95 Å². The van der Waals surface area contributed by atoms with Crippen LogP contribution in [0.4, 0.5) is 5.95 Å². The van der Waals surface area contributed by atoms with E-state index in [-0.39, 0.29) is 11.9 Å². The number of carbonyl (C=O) groups excluding carboxylic acids is 1. The number of aromatic nitrogens is 2. The fourth-order valence-corrected chi connectivity index (χ4v) is 2.68. The quantitative estimate of drug-likeness (QED) is 0.806. The Labute approximate surface area is 150 Å². The molecule has 0 fully saturated rings. The molecule has 0 saturated heterocycles. The molecule has 0 saturated carbocycles. The minimum absolute atomic E-state index is 0.0448. The highest BCUT2D eigenvalue weighted by Crippen LogP contribution is 2.23. The SMILES string of the molecule is Cc1nc(N(C)C)ncc1C(=O)N(C)[C@H](CN(C)C)c1ccccc1. The molecule has 134 valence electrons. The van der Waals surface area contributed by atoms with Crippen molar-refractivity contribution in [1.82, 2.24) is 19.8 Å². The highest BCUT2D eigenvalue weighted by atomic mass is 16.2. The van der Waals surface area contributed by atoms with Crippen molar-refractivity contribution >= 4 is 11.9 Å². The van der Waals surface area contributed by atoms with Gasteiger partial charge in [-0.25, -0.2) is 9.97 Å². The van der Waals surface area contributed by atoms with Crippen molar-refractivity contribution in [2.24, 2.45) is 0 Å². The Morgan fingerprint density at radius 2 is 1.72 bits per heavy atom. The van der Waals surface area contributed by atoms with Crippen LogP contribution in [0.5, 0.6) is 0 Å². The maximum atomic E-state index is 13.1. The second kappa shape index (κ2) is 8.07. The first kappa shape index (κ1) is 18.9. The number of carbonyl (C=O) groups is 1. The van der Waals surface area contributed by atoms with Crippen molar-refractivity contribution in [3.05, 3.63) is 53.3 Å². The van der Waals surface area contributed by atoms with Gasteiger partial charge in [0.05, 0.1) is 17.3 Å². The van der Waals surface area contributed by atoms with E-state index in [0.29, 0.717) is 17.2 Å². The molecule has 6 nitrogen and oxygen atoms in total. The molecule has 2 aromatic rings. The summed E-state index contributed by atoms with van der Waals surface area (Å²) in [5, 5.41) is 0. The Balaban J connectivity index is 2.32. The van der Waals surface area contributed by atoms with Crippen molar-refractivity contribution in [1.29, 1.82) is 0 Å². The summed E-state index contributed by atoms with van der Waals surface area (Å²) in [5.41, 5.74) is 2.33. The monoisotopic (exact) mass is 341 g/mol. The molecule has 1 heterocycles. The summed E-state index contributed by atoms with van der Waals surface area (Å²) < 4.78 is 0. The molecule has 0 N–H and O–H groups in total. The van der Waals surface area contributed by atoms with Crippen LogP contribution in [-0.4, -0.2) is 67.5 Å². The number of likely N-dealkylation sites (N-methyl/N-ethyl adjacent to an activating group) is 2. The Morgan fingerprint density at radius 1 is 1.08 bits per heavy atom. The van der Waals surface area contributed by atoms with Crippen LogP contribution in [0.3, 0.4) is 0 Å². The van der Waals surface area contributed by atoms with Gasteiger partial charge in [0, 0.05) is 33.9 Å². The number of hydrogen-bond donors (Lipinski definition) is 0. The Morgan fingerprint density at radius 3 is 2.24 bits per heavy atom. The zero-order valence-corrected chi connectivity index (χ0v) is 15.9. The molecule has 1 atom stereocenters. The first-order valence-corrected chi connectivity index (χ1v) is 8.29. The van der Waals surface area contributed by atoms with Crippen LogP contribution in [0.1, 0.15) is 27.7 Å². The van der Waals surface area contributed by atoms with E-state index in [1.54, 1.807) is 11.1 Å². The van der Waals surface area contributed by atoms with Crippen LogP contribution in [0.25, 0.3) is 0 Å². The smallest absolute Gasteiger partial charge is 0.257 e. The summed E-state index contributed by atoms with van der Waals surface area (Å²) in [7, 11) is 9.61. The minimum atomic E-state index is -0.0708. The minimum Gasteiger partial charge on any atom is -0.347 e. The van der Waals surface area contributed by atoms with Gasteiger partial charge in [-0.2, -0.15) is 0 Å².